The Kier molecular flexibility index (Phi) is 5.66. The second-order valence-electron chi connectivity index (χ2n) is 7.54. The molecule has 1 N–H and O–H groups in total. The summed E-state index contributed by atoms with van der Waals surface area (Å²) in [5.74, 6) is -1.51. The Hall–Kier alpha value is -4.46. The van der Waals surface area contributed by atoms with Gasteiger partial charge in [-0.25, -0.2) is 0 Å². The first kappa shape index (κ1) is 21.8. The third-order valence-corrected chi connectivity index (χ3v) is 5.58. The van der Waals surface area contributed by atoms with Crippen molar-refractivity contribution < 1.29 is 24.4 Å². The summed E-state index contributed by atoms with van der Waals surface area (Å²) in [4.78, 5) is 38.2. The molecule has 3 aromatic rings. The van der Waals surface area contributed by atoms with Crippen LogP contribution in [0.5, 0.6) is 5.75 Å². The van der Waals surface area contributed by atoms with Gasteiger partial charge in [-0.2, -0.15) is 0 Å². The van der Waals surface area contributed by atoms with Gasteiger partial charge in [0.1, 0.15) is 11.5 Å². The maximum Gasteiger partial charge on any atom is 0.300 e. The van der Waals surface area contributed by atoms with Gasteiger partial charge in [0.2, 0.25) is 0 Å². The zero-order chi connectivity index (χ0) is 23.7. The second kappa shape index (κ2) is 8.58. The number of ether oxygens (including phenoxy) is 1. The van der Waals surface area contributed by atoms with Gasteiger partial charge >= 0.3 is 0 Å². The lowest BCUT2D eigenvalue weighted by Gasteiger charge is -2.27. The van der Waals surface area contributed by atoms with Gasteiger partial charge in [0.05, 0.1) is 23.6 Å². The van der Waals surface area contributed by atoms with Crippen molar-refractivity contribution in [3.8, 4) is 5.75 Å². The number of hydrogen-bond donors (Lipinski definition) is 1. The topological polar surface area (TPSA) is 110 Å². The molecule has 1 atom stereocenters. The van der Waals surface area contributed by atoms with Gasteiger partial charge in [0.25, 0.3) is 17.4 Å². The van der Waals surface area contributed by atoms with Crippen LogP contribution in [-0.4, -0.2) is 28.8 Å². The first-order chi connectivity index (χ1) is 15.8. The van der Waals surface area contributed by atoms with Crippen LogP contribution < -0.4 is 9.64 Å². The number of nitrogens with zero attached hydrogens (tertiary/aromatic N) is 2. The van der Waals surface area contributed by atoms with E-state index >= 15 is 0 Å². The van der Waals surface area contributed by atoms with E-state index in [2.05, 4.69) is 0 Å². The van der Waals surface area contributed by atoms with E-state index in [1.54, 1.807) is 36.4 Å². The molecule has 0 aromatic heterocycles. The number of amides is 1. The second-order valence-corrected chi connectivity index (χ2v) is 7.54. The number of Topliss-reactive ketones (excluding diaryl/α,β-unsaturated/α-hetero) is 1. The zero-order valence-corrected chi connectivity index (χ0v) is 17.9. The van der Waals surface area contributed by atoms with Crippen molar-refractivity contribution in [2.45, 2.75) is 13.0 Å². The van der Waals surface area contributed by atoms with Crippen LogP contribution in [0, 0.1) is 17.0 Å². The third-order valence-electron chi connectivity index (χ3n) is 5.58. The minimum absolute atomic E-state index is 0.106. The normalized spacial score (nSPS) is 17.3. The number of benzene rings is 3. The molecular weight excluding hydrogens is 424 g/mol. The molecule has 8 heteroatoms. The number of aliphatic hydroxyl groups is 1. The zero-order valence-electron chi connectivity index (χ0n) is 17.9. The number of nitro benzene ring substituents is 1. The Morgan fingerprint density at radius 2 is 1.73 bits per heavy atom. The Morgan fingerprint density at radius 1 is 1.03 bits per heavy atom. The molecule has 0 radical (unpaired) electrons. The number of hydrogen-bond acceptors (Lipinski definition) is 6. The summed E-state index contributed by atoms with van der Waals surface area (Å²) in [5.41, 5.74) is 1.82. The molecule has 1 heterocycles. The van der Waals surface area contributed by atoms with Crippen molar-refractivity contribution in [1.29, 1.82) is 0 Å². The van der Waals surface area contributed by atoms with Crippen molar-refractivity contribution in [1.82, 2.24) is 0 Å². The summed E-state index contributed by atoms with van der Waals surface area (Å²) in [6, 6.07) is 18.3. The average Bonchev–Trinajstić information content (AvgIpc) is 3.09. The van der Waals surface area contributed by atoms with E-state index in [4.69, 9.17) is 4.74 Å². The highest BCUT2D eigenvalue weighted by molar-refractivity contribution is 6.51. The van der Waals surface area contributed by atoms with Crippen molar-refractivity contribution in [3.63, 3.8) is 0 Å². The van der Waals surface area contributed by atoms with Crippen LogP contribution in [0.15, 0.2) is 78.4 Å². The van der Waals surface area contributed by atoms with Gasteiger partial charge in [0, 0.05) is 23.4 Å². The predicted octanol–water partition coefficient (Wildman–Crippen LogP) is 4.54. The monoisotopic (exact) mass is 444 g/mol. The van der Waals surface area contributed by atoms with E-state index in [0.717, 1.165) is 5.56 Å². The number of methoxy groups -OCH3 is 1. The van der Waals surface area contributed by atoms with E-state index in [0.29, 0.717) is 17.0 Å². The summed E-state index contributed by atoms with van der Waals surface area (Å²) < 4.78 is 5.32. The number of para-hydroxylation sites is 1. The number of ketones is 1. The number of aliphatic hydroxyl groups excluding tert-OH is 1. The largest absolute Gasteiger partial charge is 0.507 e. The molecular formula is C25H20N2O6. The summed E-state index contributed by atoms with van der Waals surface area (Å²) in [5, 5.41) is 22.1. The lowest BCUT2D eigenvalue weighted by molar-refractivity contribution is -0.384. The highest BCUT2D eigenvalue weighted by Gasteiger charge is 2.47. The molecule has 1 fully saturated rings. The molecule has 4 rings (SSSR count). The Balaban J connectivity index is 1.95. The molecule has 33 heavy (non-hydrogen) atoms. The van der Waals surface area contributed by atoms with Crippen LogP contribution in [0.1, 0.15) is 22.7 Å². The quantitative estimate of drug-likeness (QED) is 0.203. The predicted molar refractivity (Wildman–Crippen MR) is 122 cm³/mol. The van der Waals surface area contributed by atoms with E-state index in [1.165, 1.54) is 36.3 Å². The molecule has 0 bridgehead atoms. The lowest BCUT2D eigenvalue weighted by Crippen LogP contribution is -2.30. The van der Waals surface area contributed by atoms with Gasteiger partial charge in [-0.1, -0.05) is 30.3 Å². The van der Waals surface area contributed by atoms with E-state index in [-0.39, 0.29) is 16.8 Å². The highest BCUT2D eigenvalue weighted by atomic mass is 16.6. The standard InChI is InChI=1S/C25H20N2O6/c1-15-6-3-4-9-20(15)26-22(17-7-5-8-19(14-17)33-2)21(24(29)25(26)30)23(28)16-10-12-18(13-11-16)27(31)32/h3-14,22,28H,1-2H3/b23-21-. The minimum atomic E-state index is -0.920. The van der Waals surface area contributed by atoms with Gasteiger partial charge in [0.15, 0.2) is 0 Å². The number of rotatable bonds is 5. The highest BCUT2D eigenvalue weighted by Crippen LogP contribution is 2.43. The van der Waals surface area contributed by atoms with Crippen LogP contribution in [0.25, 0.3) is 5.76 Å². The number of carbonyl (C=O) groups is 2. The molecule has 0 spiro atoms. The summed E-state index contributed by atoms with van der Waals surface area (Å²) in [7, 11) is 1.51. The van der Waals surface area contributed by atoms with Crippen LogP contribution in [-0.2, 0) is 9.59 Å². The number of nitro groups is 1. The van der Waals surface area contributed by atoms with Crippen LogP contribution in [0.4, 0.5) is 11.4 Å². The Labute approximate surface area is 189 Å². The average molecular weight is 444 g/mol. The van der Waals surface area contributed by atoms with E-state index in [1.807, 2.05) is 19.1 Å². The Bertz CT molecular complexity index is 1300. The number of non-ortho nitro benzene ring substituents is 1. The smallest absolute Gasteiger partial charge is 0.300 e. The molecule has 1 saturated heterocycles. The van der Waals surface area contributed by atoms with Crippen LogP contribution >= 0.6 is 0 Å². The van der Waals surface area contributed by atoms with Crippen molar-refractivity contribution >= 4 is 28.8 Å². The van der Waals surface area contributed by atoms with Crippen LogP contribution in [0.2, 0.25) is 0 Å². The maximum absolute atomic E-state index is 13.2. The third kappa shape index (κ3) is 3.82. The molecule has 3 aromatic carbocycles. The first-order valence-electron chi connectivity index (χ1n) is 10.1. The molecule has 1 unspecified atom stereocenters. The lowest BCUT2D eigenvalue weighted by atomic mass is 9.94. The fourth-order valence-corrected chi connectivity index (χ4v) is 3.94. The van der Waals surface area contributed by atoms with Gasteiger partial charge in [-0.3, -0.25) is 24.6 Å². The fraction of sp³-hybridized carbons (Fsp3) is 0.120. The molecule has 0 saturated carbocycles. The van der Waals surface area contributed by atoms with Crippen molar-refractivity contribution in [2.24, 2.45) is 0 Å². The molecule has 8 nitrogen and oxygen atoms in total. The van der Waals surface area contributed by atoms with E-state index in [9.17, 15) is 24.8 Å². The molecule has 166 valence electrons. The van der Waals surface area contributed by atoms with Gasteiger partial charge in [-0.05, 0) is 48.4 Å². The molecule has 1 aliphatic heterocycles. The van der Waals surface area contributed by atoms with Crippen molar-refractivity contribution in [3.05, 3.63) is 105 Å². The molecule has 1 amide bonds. The van der Waals surface area contributed by atoms with Crippen LogP contribution in [0.3, 0.4) is 0 Å². The molecule has 0 aliphatic carbocycles. The number of carbonyl (C=O) groups excluding carboxylic acids is 2. The fourth-order valence-electron chi connectivity index (χ4n) is 3.94. The van der Waals surface area contributed by atoms with E-state index < -0.39 is 28.4 Å². The maximum atomic E-state index is 13.2. The van der Waals surface area contributed by atoms with Gasteiger partial charge < -0.3 is 9.84 Å². The summed E-state index contributed by atoms with van der Waals surface area (Å²) in [6.07, 6.45) is 0. The Morgan fingerprint density at radius 3 is 2.36 bits per heavy atom. The SMILES string of the molecule is COc1cccc(C2/C(=C(/O)c3ccc([N+](=O)[O-])cc3)C(=O)C(=O)N2c2ccccc2C)c1. The van der Waals surface area contributed by atoms with Gasteiger partial charge in [-0.15, -0.1) is 0 Å². The summed E-state index contributed by atoms with van der Waals surface area (Å²) in [6.45, 7) is 1.83. The first-order valence-corrected chi connectivity index (χ1v) is 10.1. The number of anilines is 1. The molecule has 1 aliphatic rings. The van der Waals surface area contributed by atoms with Crippen molar-refractivity contribution in [2.75, 3.05) is 12.0 Å². The number of aryl methyl sites for hydroxylation is 1. The minimum Gasteiger partial charge on any atom is -0.507 e. The summed E-state index contributed by atoms with van der Waals surface area (Å²) >= 11 is 0.